The lowest BCUT2D eigenvalue weighted by molar-refractivity contribution is 0.614. The van der Waals surface area contributed by atoms with Gasteiger partial charge in [-0.15, -0.1) is 11.3 Å². The Kier molecular flexibility index (Phi) is 4.43. The molecule has 0 aliphatic carbocycles. The summed E-state index contributed by atoms with van der Waals surface area (Å²) in [7, 11) is 1.87. The molecule has 1 aromatic heterocycles. The molecule has 1 nitrogen and oxygen atoms in total. The Labute approximate surface area is 123 Å². The van der Waals surface area contributed by atoms with E-state index in [-0.39, 0.29) is 11.9 Å². The van der Waals surface area contributed by atoms with E-state index in [0.29, 0.717) is 10.6 Å². The number of aryl methyl sites for hydroxylation is 1. The van der Waals surface area contributed by atoms with Crippen LogP contribution >= 0.6 is 38.9 Å². The molecule has 18 heavy (non-hydrogen) atoms. The molecule has 0 fully saturated rings. The van der Waals surface area contributed by atoms with Gasteiger partial charge in [0.1, 0.15) is 5.82 Å². The number of hydrogen-bond acceptors (Lipinski definition) is 2. The fraction of sp³-hybridized carbons (Fsp3) is 0.231. The highest BCUT2D eigenvalue weighted by Crippen LogP contribution is 2.35. The highest BCUT2D eigenvalue weighted by Gasteiger charge is 2.18. The fourth-order valence-corrected chi connectivity index (χ4v) is 3.65. The van der Waals surface area contributed by atoms with Gasteiger partial charge in [0.2, 0.25) is 0 Å². The van der Waals surface area contributed by atoms with Crippen molar-refractivity contribution in [2.45, 2.75) is 13.0 Å². The lowest BCUT2D eigenvalue weighted by Crippen LogP contribution is -2.17. The minimum Gasteiger partial charge on any atom is -0.309 e. The van der Waals surface area contributed by atoms with Gasteiger partial charge in [0.05, 0.1) is 9.83 Å². The van der Waals surface area contributed by atoms with Crippen molar-refractivity contribution in [3.63, 3.8) is 0 Å². The van der Waals surface area contributed by atoms with Gasteiger partial charge in [-0.05, 0) is 65.3 Å². The second kappa shape index (κ2) is 5.70. The van der Waals surface area contributed by atoms with Crippen LogP contribution in [0.3, 0.4) is 0 Å². The van der Waals surface area contributed by atoms with Gasteiger partial charge in [-0.2, -0.15) is 0 Å². The van der Waals surface area contributed by atoms with E-state index in [2.05, 4.69) is 21.2 Å². The van der Waals surface area contributed by atoms with Crippen LogP contribution in [0, 0.1) is 12.7 Å². The smallest absolute Gasteiger partial charge is 0.127 e. The second-order valence-corrected chi connectivity index (χ2v) is 6.89. The normalized spacial score (nSPS) is 12.7. The van der Waals surface area contributed by atoms with Crippen LogP contribution in [-0.4, -0.2) is 7.05 Å². The number of thiophene rings is 1. The zero-order valence-electron chi connectivity index (χ0n) is 9.93. The van der Waals surface area contributed by atoms with E-state index in [4.69, 9.17) is 11.6 Å². The SMILES string of the molecule is CNC(c1ccc(Br)s1)c1cc(C)c(F)cc1Cl. The van der Waals surface area contributed by atoms with Crippen molar-refractivity contribution >= 4 is 38.9 Å². The van der Waals surface area contributed by atoms with Gasteiger partial charge in [0.25, 0.3) is 0 Å². The monoisotopic (exact) mass is 347 g/mol. The molecular formula is C13H12BrClFNS. The molecule has 0 aliphatic rings. The molecule has 96 valence electrons. The molecule has 1 heterocycles. The van der Waals surface area contributed by atoms with Gasteiger partial charge in [0, 0.05) is 9.90 Å². The van der Waals surface area contributed by atoms with Gasteiger partial charge in [-0.25, -0.2) is 4.39 Å². The summed E-state index contributed by atoms with van der Waals surface area (Å²) < 4.78 is 14.5. The quantitative estimate of drug-likeness (QED) is 0.830. The van der Waals surface area contributed by atoms with Gasteiger partial charge in [-0.1, -0.05) is 11.6 Å². The van der Waals surface area contributed by atoms with Crippen molar-refractivity contribution in [2.24, 2.45) is 0 Å². The zero-order chi connectivity index (χ0) is 13.3. The first-order valence-electron chi connectivity index (χ1n) is 5.41. The van der Waals surface area contributed by atoms with E-state index in [1.54, 1.807) is 24.3 Å². The Morgan fingerprint density at radius 3 is 2.67 bits per heavy atom. The largest absolute Gasteiger partial charge is 0.309 e. The second-order valence-electron chi connectivity index (χ2n) is 3.99. The van der Waals surface area contributed by atoms with Crippen LogP contribution in [-0.2, 0) is 0 Å². The molecule has 0 spiro atoms. The average molecular weight is 349 g/mol. The Balaban J connectivity index is 2.48. The first kappa shape index (κ1) is 14.0. The van der Waals surface area contributed by atoms with Crippen LogP contribution in [0.25, 0.3) is 0 Å². The van der Waals surface area contributed by atoms with Crippen molar-refractivity contribution < 1.29 is 4.39 Å². The first-order chi connectivity index (χ1) is 8.52. The van der Waals surface area contributed by atoms with Crippen LogP contribution in [0.2, 0.25) is 5.02 Å². The summed E-state index contributed by atoms with van der Waals surface area (Å²) in [4.78, 5) is 1.14. The Hall–Kier alpha value is -0.420. The molecule has 0 bridgehead atoms. The van der Waals surface area contributed by atoms with Crippen LogP contribution in [0.1, 0.15) is 22.0 Å². The molecule has 1 atom stereocenters. The van der Waals surface area contributed by atoms with E-state index in [1.165, 1.54) is 6.07 Å². The van der Waals surface area contributed by atoms with Crippen molar-refractivity contribution in [3.8, 4) is 0 Å². The summed E-state index contributed by atoms with van der Waals surface area (Å²) in [6, 6.07) is 7.18. The van der Waals surface area contributed by atoms with E-state index in [0.717, 1.165) is 14.2 Å². The lowest BCUT2D eigenvalue weighted by Gasteiger charge is -2.17. The summed E-state index contributed by atoms with van der Waals surface area (Å²) in [5.41, 5.74) is 1.50. The van der Waals surface area contributed by atoms with E-state index < -0.39 is 0 Å². The average Bonchev–Trinajstić information content (AvgIpc) is 2.73. The summed E-state index contributed by atoms with van der Waals surface area (Å²) in [6.07, 6.45) is 0. The van der Waals surface area contributed by atoms with E-state index in [1.807, 2.05) is 19.2 Å². The summed E-state index contributed by atoms with van der Waals surface area (Å²) in [5.74, 6) is -0.272. The van der Waals surface area contributed by atoms with Gasteiger partial charge in [0.15, 0.2) is 0 Å². The number of halogens is 3. The van der Waals surface area contributed by atoms with Crippen molar-refractivity contribution in [1.82, 2.24) is 5.32 Å². The van der Waals surface area contributed by atoms with Gasteiger partial charge >= 0.3 is 0 Å². The van der Waals surface area contributed by atoms with Crippen LogP contribution in [0.4, 0.5) is 4.39 Å². The molecule has 0 amide bonds. The first-order valence-corrected chi connectivity index (χ1v) is 7.39. The standard InChI is InChI=1S/C13H12BrClFNS/c1-7-5-8(9(15)6-10(7)16)13(17-2)11-3-4-12(14)18-11/h3-6,13,17H,1-2H3. The number of nitrogens with one attached hydrogen (secondary N) is 1. The lowest BCUT2D eigenvalue weighted by atomic mass is 10.0. The number of rotatable bonds is 3. The number of benzene rings is 1. The molecule has 0 radical (unpaired) electrons. The summed E-state index contributed by atoms with van der Waals surface area (Å²) >= 11 is 11.2. The van der Waals surface area contributed by atoms with Crippen molar-refractivity contribution in [2.75, 3.05) is 7.05 Å². The van der Waals surface area contributed by atoms with E-state index in [9.17, 15) is 4.39 Å². The molecule has 2 aromatic rings. The molecule has 2 rings (SSSR count). The molecule has 1 aromatic carbocycles. The van der Waals surface area contributed by atoms with Crippen LogP contribution in [0.5, 0.6) is 0 Å². The predicted molar refractivity (Wildman–Crippen MR) is 79.1 cm³/mol. The third kappa shape index (κ3) is 2.77. The molecule has 1 N–H and O–H groups in total. The molecule has 1 unspecified atom stereocenters. The van der Waals surface area contributed by atoms with Crippen LogP contribution in [0.15, 0.2) is 28.1 Å². The highest BCUT2D eigenvalue weighted by molar-refractivity contribution is 9.11. The maximum absolute atomic E-state index is 13.4. The molecule has 0 aliphatic heterocycles. The van der Waals surface area contributed by atoms with Crippen molar-refractivity contribution in [1.29, 1.82) is 0 Å². The van der Waals surface area contributed by atoms with Crippen LogP contribution < -0.4 is 5.32 Å². The van der Waals surface area contributed by atoms with Crippen molar-refractivity contribution in [3.05, 3.63) is 54.9 Å². The van der Waals surface area contributed by atoms with Gasteiger partial charge in [-0.3, -0.25) is 0 Å². The Bertz CT molecular complexity index is 570. The predicted octanol–water partition coefficient (Wildman–Crippen LogP) is 4.92. The third-order valence-corrected chi connectivity index (χ3v) is 4.77. The van der Waals surface area contributed by atoms with E-state index >= 15 is 0 Å². The fourth-order valence-electron chi connectivity index (χ4n) is 1.84. The minimum atomic E-state index is -0.272. The zero-order valence-corrected chi connectivity index (χ0v) is 13.1. The molecule has 0 saturated heterocycles. The summed E-state index contributed by atoms with van der Waals surface area (Å²) in [5, 5.41) is 3.66. The Morgan fingerprint density at radius 2 is 2.11 bits per heavy atom. The summed E-state index contributed by atoms with van der Waals surface area (Å²) in [6.45, 7) is 1.74. The topological polar surface area (TPSA) is 12.0 Å². The molecule has 0 saturated carbocycles. The highest BCUT2D eigenvalue weighted by atomic mass is 79.9. The molecule has 5 heteroatoms. The minimum absolute atomic E-state index is 0.0203. The maximum atomic E-state index is 13.4. The number of hydrogen-bond donors (Lipinski definition) is 1. The Morgan fingerprint density at radius 1 is 1.39 bits per heavy atom. The molecular weight excluding hydrogens is 337 g/mol. The maximum Gasteiger partial charge on any atom is 0.127 e. The third-order valence-electron chi connectivity index (χ3n) is 2.76. The van der Waals surface area contributed by atoms with Gasteiger partial charge < -0.3 is 5.32 Å².